The molecule has 0 aliphatic heterocycles. The molecular formula is C13H11N3O. The Morgan fingerprint density at radius 2 is 1.65 bits per heavy atom. The fraction of sp³-hybridized carbons (Fsp3) is 0.0769. The quantitative estimate of drug-likeness (QED) is 0.647. The molecule has 4 nitrogen and oxygen atoms in total. The van der Waals surface area contributed by atoms with Crippen molar-refractivity contribution in [3.05, 3.63) is 42.0 Å². The molecule has 0 saturated heterocycles. The van der Waals surface area contributed by atoms with Gasteiger partial charge in [0, 0.05) is 5.56 Å². The van der Waals surface area contributed by atoms with E-state index in [1.54, 1.807) is 0 Å². The van der Waals surface area contributed by atoms with Crippen LogP contribution in [0.5, 0.6) is 0 Å². The summed E-state index contributed by atoms with van der Waals surface area (Å²) in [5.41, 5.74) is 11.0. The molecule has 0 aliphatic carbocycles. The smallest absolute Gasteiger partial charge is 0.158 e. The van der Waals surface area contributed by atoms with Crippen molar-refractivity contribution in [3.63, 3.8) is 0 Å². The normalized spacial score (nSPS) is 10.9. The monoisotopic (exact) mass is 225 g/mol. The van der Waals surface area contributed by atoms with Crippen LogP contribution in [-0.4, -0.2) is 10.3 Å². The highest BCUT2D eigenvalue weighted by Crippen LogP contribution is 2.29. The van der Waals surface area contributed by atoms with Gasteiger partial charge in [-0.25, -0.2) is 4.63 Å². The van der Waals surface area contributed by atoms with Gasteiger partial charge in [0.25, 0.3) is 0 Å². The van der Waals surface area contributed by atoms with Gasteiger partial charge in [0.05, 0.1) is 5.69 Å². The van der Waals surface area contributed by atoms with E-state index < -0.39 is 0 Å². The number of anilines is 1. The predicted molar refractivity (Wildman–Crippen MR) is 66.4 cm³/mol. The maximum Gasteiger partial charge on any atom is 0.158 e. The molecule has 0 atom stereocenters. The summed E-state index contributed by atoms with van der Waals surface area (Å²) in [6, 6.07) is 12.0. The Kier molecular flexibility index (Phi) is 2.08. The molecule has 0 saturated carbocycles. The van der Waals surface area contributed by atoms with Crippen LogP contribution in [0.25, 0.3) is 22.2 Å². The van der Waals surface area contributed by atoms with Crippen molar-refractivity contribution in [1.29, 1.82) is 0 Å². The Morgan fingerprint density at radius 3 is 2.41 bits per heavy atom. The number of rotatable bonds is 1. The summed E-state index contributed by atoms with van der Waals surface area (Å²) >= 11 is 0. The maximum absolute atomic E-state index is 5.81. The Balaban J connectivity index is 2.27. The molecule has 1 aromatic heterocycles. The van der Waals surface area contributed by atoms with Crippen LogP contribution < -0.4 is 5.73 Å². The van der Waals surface area contributed by atoms with E-state index >= 15 is 0 Å². The van der Waals surface area contributed by atoms with E-state index in [1.807, 2.05) is 12.1 Å². The molecule has 3 aromatic rings. The van der Waals surface area contributed by atoms with Crippen molar-refractivity contribution >= 4 is 16.7 Å². The fourth-order valence-corrected chi connectivity index (χ4v) is 1.85. The van der Waals surface area contributed by atoms with Gasteiger partial charge in [-0.2, -0.15) is 0 Å². The summed E-state index contributed by atoms with van der Waals surface area (Å²) in [6.45, 7) is 2.06. The second kappa shape index (κ2) is 3.59. The van der Waals surface area contributed by atoms with Crippen molar-refractivity contribution in [2.45, 2.75) is 6.92 Å². The number of fused-ring (bicyclic) bond motifs is 1. The van der Waals surface area contributed by atoms with Gasteiger partial charge in [-0.15, -0.1) is 0 Å². The molecule has 0 spiro atoms. The van der Waals surface area contributed by atoms with E-state index in [-0.39, 0.29) is 0 Å². The molecule has 2 aromatic carbocycles. The zero-order valence-electron chi connectivity index (χ0n) is 9.34. The molecule has 0 fully saturated rings. The van der Waals surface area contributed by atoms with Crippen LogP contribution in [0, 0.1) is 6.92 Å². The summed E-state index contributed by atoms with van der Waals surface area (Å²) in [6.07, 6.45) is 0. The number of nitrogen functional groups attached to an aromatic ring is 1. The van der Waals surface area contributed by atoms with E-state index in [0.717, 1.165) is 11.1 Å². The third-order valence-electron chi connectivity index (χ3n) is 2.81. The lowest BCUT2D eigenvalue weighted by atomic mass is 10.0. The fourth-order valence-electron chi connectivity index (χ4n) is 1.85. The first-order chi connectivity index (χ1) is 8.25. The van der Waals surface area contributed by atoms with Crippen LogP contribution in [0.15, 0.2) is 41.0 Å². The molecule has 3 rings (SSSR count). The number of hydrogen-bond acceptors (Lipinski definition) is 4. The van der Waals surface area contributed by atoms with Crippen molar-refractivity contribution in [2.75, 3.05) is 5.73 Å². The van der Waals surface area contributed by atoms with E-state index in [0.29, 0.717) is 16.7 Å². The number of nitrogens with two attached hydrogens (primary N) is 1. The lowest BCUT2D eigenvalue weighted by Gasteiger charge is -2.03. The average Bonchev–Trinajstić information content (AvgIpc) is 2.81. The molecule has 17 heavy (non-hydrogen) atoms. The molecular weight excluding hydrogens is 214 g/mol. The first kappa shape index (κ1) is 9.84. The van der Waals surface area contributed by atoms with Crippen LogP contribution in [0.1, 0.15) is 5.56 Å². The summed E-state index contributed by atoms with van der Waals surface area (Å²) in [5.74, 6) is 0. The third kappa shape index (κ3) is 1.54. The molecule has 0 bridgehead atoms. The molecule has 4 heteroatoms. The predicted octanol–water partition coefficient (Wildman–Crippen LogP) is 2.78. The summed E-state index contributed by atoms with van der Waals surface area (Å²) in [4.78, 5) is 0. The van der Waals surface area contributed by atoms with E-state index in [4.69, 9.17) is 10.4 Å². The topological polar surface area (TPSA) is 64.9 Å². The minimum Gasteiger partial charge on any atom is -0.397 e. The lowest BCUT2D eigenvalue weighted by Crippen LogP contribution is -1.88. The Bertz CT molecular complexity index is 671. The van der Waals surface area contributed by atoms with Gasteiger partial charge in [-0.05, 0) is 34.9 Å². The minimum atomic E-state index is 0.581. The Hall–Kier alpha value is -2.36. The summed E-state index contributed by atoms with van der Waals surface area (Å²) in [7, 11) is 0. The molecule has 84 valence electrons. The highest BCUT2D eigenvalue weighted by Gasteiger charge is 2.11. The molecule has 0 aliphatic rings. The minimum absolute atomic E-state index is 0.581. The second-order valence-electron chi connectivity index (χ2n) is 4.03. The van der Waals surface area contributed by atoms with Crippen LogP contribution in [-0.2, 0) is 0 Å². The van der Waals surface area contributed by atoms with Crippen LogP contribution in [0.3, 0.4) is 0 Å². The number of aryl methyl sites for hydroxylation is 1. The zero-order valence-corrected chi connectivity index (χ0v) is 9.34. The van der Waals surface area contributed by atoms with Crippen LogP contribution in [0.4, 0.5) is 5.69 Å². The number of nitrogens with zero attached hydrogens (tertiary/aromatic N) is 2. The SMILES string of the molecule is Cc1ccc(-c2ccc(N)c3nonc23)cc1. The molecule has 0 unspecified atom stereocenters. The van der Waals surface area contributed by atoms with Crippen LogP contribution in [0.2, 0.25) is 0 Å². The Morgan fingerprint density at radius 1 is 0.941 bits per heavy atom. The first-order valence-electron chi connectivity index (χ1n) is 5.33. The number of hydrogen-bond donors (Lipinski definition) is 1. The molecule has 0 radical (unpaired) electrons. The van der Waals surface area contributed by atoms with Gasteiger partial charge in [0.15, 0.2) is 5.52 Å². The zero-order chi connectivity index (χ0) is 11.8. The van der Waals surface area contributed by atoms with Gasteiger partial charge >= 0.3 is 0 Å². The van der Waals surface area contributed by atoms with E-state index in [2.05, 4.69) is 41.5 Å². The van der Waals surface area contributed by atoms with Gasteiger partial charge < -0.3 is 5.73 Å². The van der Waals surface area contributed by atoms with Crippen LogP contribution >= 0.6 is 0 Å². The molecule has 1 heterocycles. The first-order valence-corrected chi connectivity index (χ1v) is 5.33. The van der Waals surface area contributed by atoms with Crippen molar-refractivity contribution in [3.8, 4) is 11.1 Å². The van der Waals surface area contributed by atoms with Crippen molar-refractivity contribution < 1.29 is 4.63 Å². The molecule has 2 N–H and O–H groups in total. The van der Waals surface area contributed by atoms with Gasteiger partial charge in [0.1, 0.15) is 5.52 Å². The second-order valence-corrected chi connectivity index (χ2v) is 4.03. The standard InChI is InChI=1S/C13H11N3O/c1-8-2-4-9(5-3-8)10-6-7-11(14)13-12(10)15-17-16-13/h2-7H,14H2,1H3. The van der Waals surface area contributed by atoms with Crippen molar-refractivity contribution in [1.82, 2.24) is 10.3 Å². The number of benzene rings is 2. The van der Waals surface area contributed by atoms with Gasteiger partial charge in [-0.1, -0.05) is 29.8 Å². The van der Waals surface area contributed by atoms with Gasteiger partial charge in [0.2, 0.25) is 0 Å². The van der Waals surface area contributed by atoms with E-state index in [9.17, 15) is 0 Å². The summed E-state index contributed by atoms with van der Waals surface area (Å²) < 4.78 is 4.75. The summed E-state index contributed by atoms with van der Waals surface area (Å²) in [5, 5.41) is 7.72. The maximum atomic E-state index is 5.81. The van der Waals surface area contributed by atoms with Gasteiger partial charge in [-0.3, -0.25) is 0 Å². The van der Waals surface area contributed by atoms with Crippen molar-refractivity contribution in [2.24, 2.45) is 0 Å². The Labute approximate surface area is 98.0 Å². The largest absolute Gasteiger partial charge is 0.397 e. The molecule has 0 amide bonds. The third-order valence-corrected chi connectivity index (χ3v) is 2.81. The average molecular weight is 225 g/mol. The highest BCUT2D eigenvalue weighted by atomic mass is 16.6. The lowest BCUT2D eigenvalue weighted by molar-refractivity contribution is 0.315. The number of aromatic nitrogens is 2. The van der Waals surface area contributed by atoms with E-state index in [1.165, 1.54) is 5.56 Å². The highest BCUT2D eigenvalue weighted by molar-refractivity contribution is 5.97.